The summed E-state index contributed by atoms with van der Waals surface area (Å²) >= 11 is 0. The Kier molecular flexibility index (Phi) is 7.20. The van der Waals surface area contributed by atoms with Crippen LogP contribution in [0, 0.1) is 11.3 Å². The van der Waals surface area contributed by atoms with Crippen molar-refractivity contribution in [1.29, 1.82) is 5.41 Å². The minimum atomic E-state index is -3.92. The molecule has 0 bridgehead atoms. The Morgan fingerprint density at radius 1 is 0.973 bits per heavy atom. The van der Waals surface area contributed by atoms with E-state index in [1.165, 1.54) is 10.4 Å². The van der Waals surface area contributed by atoms with Crippen LogP contribution in [0.4, 0.5) is 5.69 Å². The lowest BCUT2D eigenvalue weighted by molar-refractivity contribution is -0.119. The highest BCUT2D eigenvalue weighted by Gasteiger charge is 2.42. The molecule has 1 heterocycles. The highest BCUT2D eigenvalue weighted by molar-refractivity contribution is 7.89. The Balaban J connectivity index is 1.59. The van der Waals surface area contributed by atoms with Crippen molar-refractivity contribution in [3.05, 3.63) is 83.9 Å². The van der Waals surface area contributed by atoms with E-state index in [2.05, 4.69) is 5.32 Å². The minimum Gasteiger partial charge on any atom is -0.384 e. The number of hydrogen-bond acceptors (Lipinski definition) is 6. The predicted molar refractivity (Wildman–Crippen MR) is 142 cm³/mol. The molecular formula is C25H27N5O5S2. The van der Waals surface area contributed by atoms with Gasteiger partial charge in [-0.15, -0.1) is 0 Å². The van der Waals surface area contributed by atoms with Crippen LogP contribution in [0.1, 0.15) is 17.0 Å². The second-order valence-corrected chi connectivity index (χ2v) is 12.5. The smallest absolute Gasteiger partial charge is 0.238 e. The number of sulfonamides is 2. The summed E-state index contributed by atoms with van der Waals surface area (Å²) in [6.07, 6.45) is 1.11. The van der Waals surface area contributed by atoms with E-state index in [1.54, 1.807) is 66.7 Å². The quantitative estimate of drug-likeness (QED) is 0.262. The Hall–Kier alpha value is -3.58. The number of nitrogens with zero attached hydrogens (tertiary/aromatic N) is 1. The van der Waals surface area contributed by atoms with Crippen LogP contribution in [0.3, 0.4) is 0 Å². The van der Waals surface area contributed by atoms with E-state index in [4.69, 9.17) is 16.3 Å². The van der Waals surface area contributed by atoms with Gasteiger partial charge in [-0.3, -0.25) is 10.2 Å². The van der Waals surface area contributed by atoms with Gasteiger partial charge in [0, 0.05) is 35.8 Å². The van der Waals surface area contributed by atoms with Gasteiger partial charge in [0.25, 0.3) is 0 Å². The number of hydrogen-bond donors (Lipinski definition) is 4. The van der Waals surface area contributed by atoms with Crippen molar-refractivity contribution in [3.8, 4) is 11.1 Å². The molecule has 1 aliphatic rings. The predicted octanol–water partition coefficient (Wildman–Crippen LogP) is 1.90. The van der Waals surface area contributed by atoms with Crippen molar-refractivity contribution in [2.45, 2.75) is 10.8 Å². The third kappa shape index (κ3) is 5.88. The van der Waals surface area contributed by atoms with Gasteiger partial charge in [0.2, 0.25) is 26.0 Å². The van der Waals surface area contributed by atoms with E-state index < -0.39 is 31.9 Å². The topological polar surface area (TPSA) is 177 Å². The number of carbonyl (C=O) groups excluding carboxylic acids is 1. The number of amides is 1. The number of amidine groups is 1. The molecule has 2 atom stereocenters. The molecule has 0 radical (unpaired) electrons. The van der Waals surface area contributed by atoms with Crippen LogP contribution in [0.5, 0.6) is 0 Å². The van der Waals surface area contributed by atoms with E-state index >= 15 is 0 Å². The number of nitrogen functional groups attached to an aromatic ring is 1. The van der Waals surface area contributed by atoms with Gasteiger partial charge in [0.05, 0.1) is 17.1 Å². The monoisotopic (exact) mass is 541 g/mol. The van der Waals surface area contributed by atoms with Crippen molar-refractivity contribution in [1.82, 2.24) is 4.31 Å². The second-order valence-electron chi connectivity index (χ2n) is 8.94. The summed E-state index contributed by atoms with van der Waals surface area (Å²) in [7, 11) is -7.46. The molecule has 0 aromatic heterocycles. The summed E-state index contributed by atoms with van der Waals surface area (Å²) < 4.78 is 49.7. The molecule has 1 saturated heterocycles. The number of carbonyl (C=O) groups is 1. The molecule has 0 aliphatic carbocycles. The van der Waals surface area contributed by atoms with Gasteiger partial charge < -0.3 is 11.1 Å². The summed E-state index contributed by atoms with van der Waals surface area (Å²) in [5.74, 6) is -1.60. The van der Waals surface area contributed by atoms with E-state index in [1.807, 2.05) is 0 Å². The molecule has 10 nitrogen and oxygen atoms in total. The molecule has 12 heteroatoms. The summed E-state index contributed by atoms with van der Waals surface area (Å²) in [5.41, 5.74) is 8.34. The number of nitrogens with two attached hydrogens (primary N) is 2. The first kappa shape index (κ1) is 26.5. The molecular weight excluding hydrogens is 514 g/mol. The maximum Gasteiger partial charge on any atom is 0.238 e. The van der Waals surface area contributed by atoms with Gasteiger partial charge >= 0.3 is 0 Å². The van der Waals surface area contributed by atoms with Crippen LogP contribution < -0.4 is 16.2 Å². The third-order valence-corrected chi connectivity index (χ3v) is 8.58. The molecule has 1 fully saturated rings. The Morgan fingerprint density at radius 3 is 2.27 bits per heavy atom. The van der Waals surface area contributed by atoms with Crippen LogP contribution in [-0.2, 0) is 24.8 Å². The average Bonchev–Trinajstić information content (AvgIpc) is 3.31. The fraction of sp³-hybridized carbons (Fsp3) is 0.200. The maximum atomic E-state index is 13.3. The normalized spacial score (nSPS) is 18.4. The van der Waals surface area contributed by atoms with Crippen molar-refractivity contribution in [2.75, 3.05) is 24.7 Å². The van der Waals surface area contributed by atoms with Crippen molar-refractivity contribution in [2.24, 2.45) is 16.8 Å². The highest BCUT2D eigenvalue weighted by atomic mass is 32.2. The molecule has 4 rings (SSSR count). The van der Waals surface area contributed by atoms with Crippen molar-refractivity contribution < 1.29 is 21.6 Å². The summed E-state index contributed by atoms with van der Waals surface area (Å²) in [5, 5.41) is 15.9. The molecule has 1 aliphatic heterocycles. The molecule has 6 N–H and O–H groups in total. The summed E-state index contributed by atoms with van der Waals surface area (Å²) in [4.78, 5) is 13.3. The SMILES string of the molecule is CS(=O)(=O)N1C[C@H](c2cccc(C(=N)N)c2)[C@H](C(=O)Nc2ccc(-c3ccccc3S(N)(=O)=O)cc2)C1. The van der Waals surface area contributed by atoms with E-state index in [0.29, 0.717) is 27.9 Å². The number of anilines is 1. The first-order valence-corrected chi connectivity index (χ1v) is 14.7. The fourth-order valence-corrected chi connectivity index (χ4v) is 6.12. The zero-order valence-electron chi connectivity index (χ0n) is 20.0. The Labute approximate surface area is 215 Å². The van der Waals surface area contributed by atoms with Crippen LogP contribution in [0.15, 0.2) is 77.7 Å². The Morgan fingerprint density at radius 2 is 1.65 bits per heavy atom. The minimum absolute atomic E-state index is 0.00533. The lowest BCUT2D eigenvalue weighted by atomic mass is 9.87. The average molecular weight is 542 g/mol. The molecule has 194 valence electrons. The van der Waals surface area contributed by atoms with Gasteiger partial charge in [-0.1, -0.05) is 48.5 Å². The van der Waals surface area contributed by atoms with Gasteiger partial charge in [0.1, 0.15) is 5.84 Å². The lowest BCUT2D eigenvalue weighted by Gasteiger charge is -2.19. The highest BCUT2D eigenvalue weighted by Crippen LogP contribution is 2.35. The molecule has 1 amide bonds. The molecule has 3 aromatic rings. The standard InChI is InChI=1S/C25H27N5O5S2/c1-36(32,33)30-14-21(17-5-4-6-18(13-17)24(26)27)22(15-30)25(31)29-19-11-9-16(10-12-19)20-7-2-3-8-23(20)37(28,34)35/h2-13,21-22H,14-15H2,1H3,(H3,26,27)(H,29,31)(H2,28,34,35)/t21-,22-/m1/s1. The molecule has 0 unspecified atom stereocenters. The summed E-state index contributed by atoms with van der Waals surface area (Å²) in [6, 6.07) is 19.9. The number of nitrogens with one attached hydrogen (secondary N) is 2. The van der Waals surface area contributed by atoms with Gasteiger partial charge in [-0.25, -0.2) is 26.3 Å². The van der Waals surface area contributed by atoms with Crippen LogP contribution in [-0.4, -0.2) is 52.2 Å². The van der Waals surface area contributed by atoms with E-state index in [-0.39, 0.29) is 29.7 Å². The van der Waals surface area contributed by atoms with Gasteiger partial charge in [0.15, 0.2) is 0 Å². The van der Waals surface area contributed by atoms with Gasteiger partial charge in [-0.2, -0.15) is 0 Å². The van der Waals surface area contributed by atoms with Gasteiger partial charge in [-0.05, 0) is 35.4 Å². The largest absolute Gasteiger partial charge is 0.384 e. The molecule has 3 aromatic carbocycles. The molecule has 37 heavy (non-hydrogen) atoms. The Bertz CT molecular complexity index is 1570. The third-order valence-electron chi connectivity index (χ3n) is 6.37. The van der Waals surface area contributed by atoms with Crippen molar-refractivity contribution in [3.63, 3.8) is 0 Å². The van der Waals surface area contributed by atoms with E-state index in [9.17, 15) is 21.6 Å². The maximum absolute atomic E-state index is 13.3. The first-order valence-electron chi connectivity index (χ1n) is 11.3. The van der Waals surface area contributed by atoms with Crippen LogP contribution in [0.2, 0.25) is 0 Å². The molecule has 0 spiro atoms. The zero-order valence-corrected chi connectivity index (χ0v) is 21.6. The van der Waals surface area contributed by atoms with Crippen LogP contribution >= 0.6 is 0 Å². The fourth-order valence-electron chi connectivity index (χ4n) is 4.50. The lowest BCUT2D eigenvalue weighted by Crippen LogP contribution is -2.31. The first-order chi connectivity index (χ1) is 17.3. The second kappa shape index (κ2) is 10.1. The van der Waals surface area contributed by atoms with Crippen LogP contribution in [0.25, 0.3) is 11.1 Å². The number of rotatable bonds is 7. The zero-order chi connectivity index (χ0) is 27.0. The number of primary sulfonamides is 1. The van der Waals surface area contributed by atoms with E-state index in [0.717, 1.165) is 6.26 Å². The summed E-state index contributed by atoms with van der Waals surface area (Å²) in [6.45, 7) is 0.140. The molecule has 0 saturated carbocycles. The van der Waals surface area contributed by atoms with Crippen molar-refractivity contribution >= 4 is 37.5 Å². The number of benzene rings is 3.